The van der Waals surface area contributed by atoms with E-state index in [1.54, 1.807) is 12.1 Å². The maximum absolute atomic E-state index is 13.7. The van der Waals surface area contributed by atoms with Crippen molar-refractivity contribution in [1.29, 1.82) is 0 Å². The van der Waals surface area contributed by atoms with Crippen LogP contribution in [0.4, 0.5) is 20.2 Å². The number of carbonyl (C=O) groups excluding carboxylic acids is 3. The number of hydrogen-bond donors (Lipinski definition) is 3. The largest absolute Gasteiger partial charge is 0.370 e. The molecular weight excluding hydrogens is 466 g/mol. The van der Waals surface area contributed by atoms with Crippen LogP contribution in [0.2, 0.25) is 4.34 Å². The van der Waals surface area contributed by atoms with E-state index >= 15 is 0 Å². The molecule has 1 aliphatic heterocycles. The summed E-state index contributed by atoms with van der Waals surface area (Å²) in [4.78, 5) is 38.4. The van der Waals surface area contributed by atoms with Gasteiger partial charge in [0.2, 0.25) is 5.91 Å². The molecule has 1 saturated heterocycles. The molecule has 3 rings (SSSR count). The molecule has 3 amide bonds. The van der Waals surface area contributed by atoms with Gasteiger partial charge in [0, 0.05) is 24.3 Å². The Labute approximate surface area is 191 Å². The van der Waals surface area contributed by atoms with Crippen LogP contribution in [0, 0.1) is 0 Å². The third kappa shape index (κ3) is 5.80. The zero-order valence-corrected chi connectivity index (χ0v) is 18.6. The lowest BCUT2D eigenvalue weighted by molar-refractivity contribution is -0.125. The molecule has 0 saturated carbocycles. The number of anilines is 2. The minimum absolute atomic E-state index is 0.0290. The molecule has 172 valence electrons. The Kier molecular flexibility index (Phi) is 8.13. The first-order valence-electron chi connectivity index (χ1n) is 9.62. The van der Waals surface area contributed by atoms with Gasteiger partial charge in [0.1, 0.15) is 12.6 Å². The highest BCUT2D eigenvalue weighted by Crippen LogP contribution is 2.33. The summed E-state index contributed by atoms with van der Waals surface area (Å²) in [6.45, 7) is 0.217. The predicted molar refractivity (Wildman–Crippen MR) is 118 cm³/mol. The number of nitrogens with one attached hydrogen (secondary N) is 3. The molecule has 0 aliphatic carbocycles. The molecule has 0 unspecified atom stereocenters. The average molecular weight is 487 g/mol. The number of likely N-dealkylation sites (N-methyl/N-ethyl adjacent to an activating group) is 1. The van der Waals surface area contributed by atoms with Crippen molar-refractivity contribution >= 4 is 52.0 Å². The fourth-order valence-corrected chi connectivity index (χ4v) is 4.06. The molecule has 12 heteroatoms. The number of carbonyl (C=O) groups is 3. The van der Waals surface area contributed by atoms with E-state index in [4.69, 9.17) is 16.3 Å². The lowest BCUT2D eigenvalue weighted by Gasteiger charge is -2.29. The summed E-state index contributed by atoms with van der Waals surface area (Å²) in [7, 11) is 1.54. The molecule has 1 aliphatic rings. The minimum atomic E-state index is -2.85. The van der Waals surface area contributed by atoms with Gasteiger partial charge < -0.3 is 25.6 Å². The number of halogens is 3. The van der Waals surface area contributed by atoms with E-state index in [0.717, 1.165) is 17.4 Å². The minimum Gasteiger partial charge on any atom is -0.370 e. The van der Waals surface area contributed by atoms with Gasteiger partial charge in [-0.2, -0.15) is 0 Å². The molecule has 8 nitrogen and oxygen atoms in total. The number of nitrogens with zero attached hydrogens (tertiary/aromatic N) is 1. The van der Waals surface area contributed by atoms with Crippen molar-refractivity contribution in [2.75, 3.05) is 43.6 Å². The summed E-state index contributed by atoms with van der Waals surface area (Å²) < 4.78 is 32.9. The van der Waals surface area contributed by atoms with Crippen LogP contribution < -0.4 is 20.9 Å². The molecule has 1 aromatic carbocycles. The summed E-state index contributed by atoms with van der Waals surface area (Å²) in [6.07, 6.45) is -2.85. The van der Waals surface area contributed by atoms with E-state index in [9.17, 15) is 23.2 Å². The number of benzene rings is 1. The first-order chi connectivity index (χ1) is 15.3. The zero-order chi connectivity index (χ0) is 23.3. The number of amides is 3. The lowest BCUT2D eigenvalue weighted by atomic mass is 10.1. The second-order valence-corrected chi connectivity index (χ2v) is 8.53. The maximum Gasteiger partial charge on any atom is 0.265 e. The molecule has 32 heavy (non-hydrogen) atoms. The topological polar surface area (TPSA) is 99.8 Å². The van der Waals surface area contributed by atoms with Crippen molar-refractivity contribution in [3.8, 4) is 0 Å². The Morgan fingerprint density at radius 3 is 2.69 bits per heavy atom. The van der Waals surface area contributed by atoms with Crippen LogP contribution in [0.15, 0.2) is 30.3 Å². The smallest absolute Gasteiger partial charge is 0.265 e. The molecule has 3 N–H and O–H groups in total. The van der Waals surface area contributed by atoms with E-state index in [2.05, 4.69) is 16.0 Å². The normalized spacial score (nSPS) is 15.0. The van der Waals surface area contributed by atoms with Crippen molar-refractivity contribution in [3.63, 3.8) is 0 Å². The first-order valence-corrected chi connectivity index (χ1v) is 10.8. The van der Waals surface area contributed by atoms with Gasteiger partial charge in [-0.1, -0.05) is 11.6 Å². The second kappa shape index (κ2) is 10.8. The van der Waals surface area contributed by atoms with Crippen molar-refractivity contribution in [1.82, 2.24) is 10.6 Å². The summed E-state index contributed by atoms with van der Waals surface area (Å²) in [6, 6.07) is 6.31. The van der Waals surface area contributed by atoms with Gasteiger partial charge in [-0.05, 0) is 37.4 Å². The highest BCUT2D eigenvalue weighted by Gasteiger charge is 2.26. The number of ether oxygens (including phenoxy) is 1. The molecule has 0 radical (unpaired) electrons. The van der Waals surface area contributed by atoms with Crippen LogP contribution in [-0.2, 0) is 14.3 Å². The summed E-state index contributed by atoms with van der Waals surface area (Å²) in [5, 5.41) is 7.97. The summed E-state index contributed by atoms with van der Waals surface area (Å²) in [5.41, 5.74) is -0.147. The lowest BCUT2D eigenvalue weighted by Crippen LogP contribution is -2.47. The SMILES string of the molecule is CN[C@@H](CNC(=O)c1ccc(Cl)s1)C(=O)Nc1ccc(N2CCOCC2=O)c(C(F)F)c1. The monoisotopic (exact) mass is 486 g/mol. The molecule has 2 aromatic rings. The zero-order valence-electron chi connectivity index (χ0n) is 17.0. The van der Waals surface area contributed by atoms with E-state index < -0.39 is 24.3 Å². The number of alkyl halides is 2. The molecule has 0 bridgehead atoms. The van der Waals surface area contributed by atoms with E-state index in [-0.39, 0.29) is 49.1 Å². The maximum atomic E-state index is 13.7. The van der Waals surface area contributed by atoms with Gasteiger partial charge in [0.25, 0.3) is 18.2 Å². The highest BCUT2D eigenvalue weighted by atomic mass is 35.5. The van der Waals surface area contributed by atoms with Gasteiger partial charge in [0.05, 0.1) is 21.5 Å². The standard InChI is InChI=1S/C20H21ClF2N4O4S/c1-24-13(9-25-20(30)15-4-5-16(21)32-15)19(29)26-11-2-3-14(12(8-11)18(22)23)27-6-7-31-10-17(27)28/h2-5,8,13,18,24H,6-7,9-10H2,1H3,(H,25,30)(H,26,29)/t13-/m0/s1. The van der Waals surface area contributed by atoms with Gasteiger partial charge in [-0.15, -0.1) is 11.3 Å². The molecular formula is C20H21ClF2N4O4S. The second-order valence-electron chi connectivity index (χ2n) is 6.82. The Morgan fingerprint density at radius 1 is 1.28 bits per heavy atom. The Bertz CT molecular complexity index is 1000. The van der Waals surface area contributed by atoms with Crippen molar-refractivity contribution in [3.05, 3.63) is 45.1 Å². The van der Waals surface area contributed by atoms with E-state index in [1.807, 2.05) is 0 Å². The quantitative estimate of drug-likeness (QED) is 0.532. The van der Waals surface area contributed by atoms with Crippen LogP contribution in [0.5, 0.6) is 0 Å². The number of thiophene rings is 1. The summed E-state index contributed by atoms with van der Waals surface area (Å²) >= 11 is 6.93. The van der Waals surface area contributed by atoms with Gasteiger partial charge in [-0.25, -0.2) is 8.78 Å². The predicted octanol–water partition coefficient (Wildman–Crippen LogP) is 2.66. The molecule has 2 heterocycles. The Morgan fingerprint density at radius 2 is 2.06 bits per heavy atom. The van der Waals surface area contributed by atoms with Crippen LogP contribution in [0.25, 0.3) is 0 Å². The molecule has 0 spiro atoms. The number of hydrogen-bond acceptors (Lipinski definition) is 6. The first kappa shape index (κ1) is 24.1. The fraction of sp³-hybridized carbons (Fsp3) is 0.350. The van der Waals surface area contributed by atoms with E-state index in [1.165, 1.54) is 24.1 Å². The van der Waals surface area contributed by atoms with Gasteiger partial charge in [0.15, 0.2) is 0 Å². The van der Waals surface area contributed by atoms with Gasteiger partial charge in [-0.3, -0.25) is 14.4 Å². The third-order valence-corrected chi connectivity index (χ3v) is 5.97. The molecule has 1 fully saturated rings. The van der Waals surface area contributed by atoms with Crippen molar-refractivity contribution in [2.24, 2.45) is 0 Å². The molecule has 1 aromatic heterocycles. The molecule has 1 atom stereocenters. The average Bonchev–Trinajstić information content (AvgIpc) is 3.21. The van der Waals surface area contributed by atoms with Crippen LogP contribution in [-0.4, -0.2) is 57.1 Å². The Balaban J connectivity index is 1.67. The third-order valence-electron chi connectivity index (χ3n) is 4.74. The van der Waals surface area contributed by atoms with Crippen LogP contribution in [0.3, 0.4) is 0 Å². The summed E-state index contributed by atoms with van der Waals surface area (Å²) in [5.74, 6) is -1.31. The van der Waals surface area contributed by atoms with Crippen molar-refractivity contribution in [2.45, 2.75) is 12.5 Å². The Hall–Kier alpha value is -2.60. The fourth-order valence-electron chi connectivity index (χ4n) is 3.10. The number of rotatable bonds is 8. The van der Waals surface area contributed by atoms with Crippen molar-refractivity contribution < 1.29 is 27.9 Å². The number of morpholine rings is 1. The van der Waals surface area contributed by atoms with Crippen LogP contribution >= 0.6 is 22.9 Å². The van der Waals surface area contributed by atoms with E-state index in [0.29, 0.717) is 9.21 Å². The van der Waals surface area contributed by atoms with Crippen LogP contribution in [0.1, 0.15) is 21.7 Å². The highest BCUT2D eigenvalue weighted by molar-refractivity contribution is 7.18. The van der Waals surface area contributed by atoms with Gasteiger partial charge >= 0.3 is 0 Å².